The Morgan fingerprint density at radius 3 is 2.22 bits per heavy atom. The number of carboxylic acid groups (broad SMARTS) is 1. The Kier molecular flexibility index (Phi) is 6.26. The van der Waals surface area contributed by atoms with Crippen molar-refractivity contribution in [3.05, 3.63) is 76.6 Å². The van der Waals surface area contributed by atoms with Crippen molar-refractivity contribution < 1.29 is 50.2 Å². The zero-order valence-corrected chi connectivity index (χ0v) is 18.4. The van der Waals surface area contributed by atoms with Crippen LogP contribution in [-0.4, -0.2) is 28.2 Å². The molecule has 0 saturated heterocycles. The first kappa shape index (κ1) is 25.8. The van der Waals surface area contributed by atoms with Crippen LogP contribution in [0.4, 0.5) is 30.7 Å². The molecule has 1 aromatic heterocycles. The Hall–Kier alpha value is -4.29. The van der Waals surface area contributed by atoms with E-state index in [9.17, 15) is 40.3 Å². The van der Waals surface area contributed by atoms with Crippen molar-refractivity contribution in [3.63, 3.8) is 0 Å². The smallest absolute Gasteiger partial charge is 0.419 e. The maximum Gasteiger partial charge on any atom is 0.419 e. The Bertz CT molecular complexity index is 1560. The summed E-state index contributed by atoms with van der Waals surface area (Å²) in [6.07, 6.45) is -9.94. The van der Waals surface area contributed by atoms with Crippen molar-refractivity contribution in [2.75, 3.05) is 6.61 Å². The Morgan fingerprint density at radius 2 is 1.62 bits per heavy atom. The second-order valence-electron chi connectivity index (χ2n) is 8.01. The van der Waals surface area contributed by atoms with Gasteiger partial charge in [-0.05, 0) is 42.0 Å². The Morgan fingerprint density at radius 1 is 0.919 bits per heavy atom. The maximum atomic E-state index is 13.8. The molecule has 0 fully saturated rings. The van der Waals surface area contributed by atoms with Gasteiger partial charge in [0.1, 0.15) is 11.6 Å². The minimum Gasteiger partial charge on any atom is -0.481 e. The number of alkyl halides is 6. The Balaban J connectivity index is 2.08. The van der Waals surface area contributed by atoms with Gasteiger partial charge in [-0.1, -0.05) is 12.1 Å². The third kappa shape index (κ3) is 4.88. The van der Waals surface area contributed by atoms with E-state index in [1.807, 2.05) is 0 Å². The van der Waals surface area contributed by atoms with Gasteiger partial charge in [0.25, 0.3) is 0 Å². The van der Waals surface area contributed by atoms with Crippen LogP contribution in [0.15, 0.2) is 48.5 Å². The quantitative estimate of drug-likeness (QED) is 0.320. The molecule has 13 heteroatoms. The summed E-state index contributed by atoms with van der Waals surface area (Å²) >= 11 is 0. The number of halogens is 7. The van der Waals surface area contributed by atoms with E-state index < -0.39 is 60.1 Å². The summed E-state index contributed by atoms with van der Waals surface area (Å²) in [7, 11) is 0. The van der Waals surface area contributed by atoms with Crippen LogP contribution >= 0.6 is 0 Å². The summed E-state index contributed by atoms with van der Waals surface area (Å²) in [5.74, 6) is -4.51. The second-order valence-corrected chi connectivity index (χ2v) is 8.01. The third-order valence-electron chi connectivity index (χ3n) is 5.58. The van der Waals surface area contributed by atoms with Crippen LogP contribution in [-0.2, 0) is 23.7 Å². The van der Waals surface area contributed by atoms with Gasteiger partial charge in [0.15, 0.2) is 6.61 Å². The van der Waals surface area contributed by atoms with E-state index >= 15 is 0 Å². The first-order chi connectivity index (χ1) is 17.2. The van der Waals surface area contributed by atoms with E-state index in [1.165, 1.54) is 22.8 Å². The van der Waals surface area contributed by atoms with Crippen molar-refractivity contribution in [1.82, 2.24) is 4.57 Å². The first-order valence-corrected chi connectivity index (χ1v) is 10.3. The predicted molar refractivity (Wildman–Crippen MR) is 117 cm³/mol. The average Bonchev–Trinajstić information content (AvgIpc) is 3.11. The average molecular weight is 528 g/mol. The van der Waals surface area contributed by atoms with Gasteiger partial charge < -0.3 is 20.1 Å². The highest BCUT2D eigenvalue weighted by molar-refractivity contribution is 6.20. The number of primary amides is 1. The summed E-state index contributed by atoms with van der Waals surface area (Å²) in [6.45, 7) is -1.49. The second kappa shape index (κ2) is 8.98. The minimum atomic E-state index is -5.03. The zero-order valence-electron chi connectivity index (χ0n) is 18.4. The number of hydrogen-bond acceptors (Lipinski definition) is 3. The van der Waals surface area contributed by atoms with Gasteiger partial charge in [-0.25, -0.2) is 9.18 Å². The molecule has 0 radical (unpaired) electrons. The third-order valence-corrected chi connectivity index (χ3v) is 5.58. The molecule has 194 valence electrons. The van der Waals surface area contributed by atoms with E-state index in [0.717, 1.165) is 6.07 Å². The van der Waals surface area contributed by atoms with Crippen LogP contribution in [0.2, 0.25) is 0 Å². The molecular formula is C24H15F7N2O4. The molecule has 3 aromatic carbocycles. The zero-order chi connectivity index (χ0) is 27.3. The fourth-order valence-corrected chi connectivity index (χ4v) is 4.09. The number of benzene rings is 3. The highest BCUT2D eigenvalue weighted by Gasteiger charge is 2.35. The summed E-state index contributed by atoms with van der Waals surface area (Å²) < 4.78 is 101. The van der Waals surface area contributed by atoms with Gasteiger partial charge in [0.05, 0.1) is 27.5 Å². The lowest BCUT2D eigenvalue weighted by Gasteiger charge is -2.14. The summed E-state index contributed by atoms with van der Waals surface area (Å²) in [6, 6.07) is 7.46. The van der Waals surface area contributed by atoms with E-state index in [-0.39, 0.29) is 32.9 Å². The molecule has 37 heavy (non-hydrogen) atoms. The number of carboxylic acids is 1. The van der Waals surface area contributed by atoms with Gasteiger partial charge in [-0.3, -0.25) is 4.79 Å². The van der Waals surface area contributed by atoms with E-state index in [4.69, 9.17) is 15.6 Å². The van der Waals surface area contributed by atoms with E-state index in [2.05, 4.69) is 0 Å². The van der Waals surface area contributed by atoms with Gasteiger partial charge in [0.2, 0.25) is 5.91 Å². The van der Waals surface area contributed by atoms with E-state index in [0.29, 0.717) is 24.3 Å². The molecule has 4 rings (SSSR count). The predicted octanol–water partition coefficient (Wildman–Crippen LogP) is 5.58. The molecule has 0 aliphatic rings. The highest BCUT2D eigenvalue weighted by atomic mass is 19.4. The molecule has 0 unspecified atom stereocenters. The number of aromatic nitrogens is 1. The maximum absolute atomic E-state index is 13.8. The molecule has 0 aliphatic carbocycles. The van der Waals surface area contributed by atoms with Crippen LogP contribution in [0.3, 0.4) is 0 Å². The first-order valence-electron chi connectivity index (χ1n) is 10.3. The van der Waals surface area contributed by atoms with Crippen LogP contribution in [0.5, 0.6) is 5.75 Å². The Labute approximate surface area is 202 Å². The monoisotopic (exact) mass is 528 g/mol. The van der Waals surface area contributed by atoms with Crippen LogP contribution in [0, 0.1) is 5.82 Å². The normalized spacial score (nSPS) is 12.3. The lowest BCUT2D eigenvalue weighted by molar-refractivity contribution is -0.140. The number of nitrogens with zero attached hydrogens (tertiary/aromatic N) is 1. The van der Waals surface area contributed by atoms with Crippen molar-refractivity contribution in [3.8, 4) is 5.75 Å². The number of carbonyl (C=O) groups excluding carboxylic acids is 1. The topological polar surface area (TPSA) is 94.6 Å². The van der Waals surface area contributed by atoms with Gasteiger partial charge in [-0.15, -0.1) is 0 Å². The van der Waals surface area contributed by atoms with E-state index in [1.54, 1.807) is 0 Å². The number of nitrogens with two attached hydrogens (primary N) is 1. The number of carbonyl (C=O) groups is 2. The SMILES string of the molecule is NC(=O)c1cccc2c1c1c(OCC(=O)O)cc(C(F)(F)F)cc1n2Cc1ccc(F)c(C(F)(F)F)c1. The van der Waals surface area contributed by atoms with Crippen molar-refractivity contribution in [1.29, 1.82) is 0 Å². The van der Waals surface area contributed by atoms with Crippen molar-refractivity contribution in [2.24, 2.45) is 5.73 Å². The molecule has 3 N–H and O–H groups in total. The van der Waals surface area contributed by atoms with Gasteiger partial charge in [-0.2, -0.15) is 26.3 Å². The molecule has 0 bridgehead atoms. The molecule has 4 aromatic rings. The number of hydrogen-bond donors (Lipinski definition) is 2. The molecule has 0 saturated carbocycles. The molecule has 1 heterocycles. The summed E-state index contributed by atoms with van der Waals surface area (Å²) in [5.41, 5.74) is 2.28. The fraction of sp³-hybridized carbons (Fsp3) is 0.167. The molecular weight excluding hydrogens is 513 g/mol. The van der Waals surface area contributed by atoms with Gasteiger partial charge >= 0.3 is 18.3 Å². The fourth-order valence-electron chi connectivity index (χ4n) is 4.09. The van der Waals surface area contributed by atoms with Crippen LogP contribution < -0.4 is 10.5 Å². The largest absolute Gasteiger partial charge is 0.481 e. The van der Waals surface area contributed by atoms with Crippen LogP contribution in [0.1, 0.15) is 27.0 Å². The molecule has 0 spiro atoms. The van der Waals surface area contributed by atoms with Crippen molar-refractivity contribution in [2.45, 2.75) is 18.9 Å². The standard InChI is InChI=1S/C24H15F7N2O4/c25-15-5-4-11(6-14(15)24(29,30)31)9-33-16-3-1-2-13(22(32)36)20(16)21-17(33)7-12(23(26,27)28)8-18(21)37-10-19(34)35/h1-8H,9-10H2,(H2,32,36)(H,34,35). The molecule has 0 atom stereocenters. The number of ether oxygens (including phenoxy) is 1. The molecule has 6 nitrogen and oxygen atoms in total. The lowest BCUT2D eigenvalue weighted by atomic mass is 10.0. The number of rotatable bonds is 6. The lowest BCUT2D eigenvalue weighted by Crippen LogP contribution is -2.12. The van der Waals surface area contributed by atoms with Gasteiger partial charge in [0, 0.05) is 17.5 Å². The number of amides is 1. The highest BCUT2D eigenvalue weighted by Crippen LogP contribution is 2.43. The summed E-state index contributed by atoms with van der Waals surface area (Å²) in [5, 5.41) is 8.91. The summed E-state index contributed by atoms with van der Waals surface area (Å²) in [4.78, 5) is 23.2. The van der Waals surface area contributed by atoms with Crippen molar-refractivity contribution >= 4 is 33.7 Å². The number of fused-ring (bicyclic) bond motifs is 3. The molecule has 1 amide bonds. The minimum absolute atomic E-state index is 0.0114. The number of aliphatic carboxylic acids is 1. The molecule has 0 aliphatic heterocycles. The van der Waals surface area contributed by atoms with Crippen LogP contribution in [0.25, 0.3) is 21.8 Å².